The lowest BCUT2D eigenvalue weighted by atomic mass is 10.4. The summed E-state index contributed by atoms with van der Waals surface area (Å²) >= 11 is 1.12. The molecule has 6 nitrogen and oxygen atoms in total. The number of hydrogen-bond donors (Lipinski definition) is 3. The molecule has 4 N–H and O–H groups in total. The number of rotatable bonds is 7. The number of nitrogen functional groups attached to an aromatic ring is 1. The zero-order valence-electron chi connectivity index (χ0n) is 11.0. The molecule has 1 aromatic heterocycles. The maximum absolute atomic E-state index is 11.8. The molecule has 1 fully saturated rings. The van der Waals surface area contributed by atoms with Gasteiger partial charge in [-0.2, -0.15) is 13.2 Å². The van der Waals surface area contributed by atoms with Crippen molar-refractivity contribution in [2.45, 2.75) is 25.1 Å². The van der Waals surface area contributed by atoms with E-state index < -0.39 is 18.7 Å². The monoisotopic (exact) mass is 324 g/mol. The van der Waals surface area contributed by atoms with Crippen LogP contribution >= 0.6 is 11.3 Å². The molecule has 1 aliphatic rings. The molecule has 1 aliphatic carbocycles. The van der Waals surface area contributed by atoms with Gasteiger partial charge in [0.05, 0.1) is 6.61 Å². The summed E-state index contributed by atoms with van der Waals surface area (Å²) in [6.07, 6.45) is -2.23. The van der Waals surface area contributed by atoms with Gasteiger partial charge in [-0.3, -0.25) is 4.79 Å². The van der Waals surface area contributed by atoms with Gasteiger partial charge in [-0.15, -0.1) is 0 Å². The fraction of sp³-hybridized carbons (Fsp3) is 0.636. The highest BCUT2D eigenvalue weighted by Gasteiger charge is 2.27. The van der Waals surface area contributed by atoms with Crippen LogP contribution in [0.2, 0.25) is 0 Å². The summed E-state index contributed by atoms with van der Waals surface area (Å²) in [4.78, 5) is 16.1. The van der Waals surface area contributed by atoms with Crippen molar-refractivity contribution in [3.05, 3.63) is 4.88 Å². The molecule has 0 aromatic carbocycles. The molecule has 10 heteroatoms. The maximum Gasteiger partial charge on any atom is 0.411 e. The summed E-state index contributed by atoms with van der Waals surface area (Å²) in [5.41, 5.74) is 5.64. The van der Waals surface area contributed by atoms with Gasteiger partial charge in [-0.1, -0.05) is 11.3 Å². The third kappa shape index (κ3) is 5.38. The summed E-state index contributed by atoms with van der Waals surface area (Å²) in [6.45, 7) is -1.59. The molecule has 0 unspecified atom stereocenters. The molecule has 0 saturated heterocycles. The Morgan fingerprint density at radius 2 is 2.19 bits per heavy atom. The first-order chi connectivity index (χ1) is 9.85. The van der Waals surface area contributed by atoms with E-state index in [0.29, 0.717) is 11.2 Å². The lowest BCUT2D eigenvalue weighted by Crippen LogP contribution is -2.28. The second-order valence-corrected chi connectivity index (χ2v) is 5.57. The average Bonchev–Trinajstić information content (AvgIpc) is 3.09. The van der Waals surface area contributed by atoms with Crippen LogP contribution in [0.15, 0.2) is 0 Å². The minimum absolute atomic E-state index is 0.0301. The standard InChI is InChI=1S/C11H15F3N4O2S/c12-11(13,14)5-20-4-3-16-9(19)7-8(15)18-10(21-7)17-6-1-2-6/h6H,1-5,15H2,(H,16,19)(H,17,18). The van der Waals surface area contributed by atoms with Gasteiger partial charge < -0.3 is 21.1 Å². The Bertz CT molecular complexity index is 502. The van der Waals surface area contributed by atoms with Crippen LogP contribution in [0.25, 0.3) is 0 Å². The van der Waals surface area contributed by atoms with Crippen molar-refractivity contribution in [2.24, 2.45) is 0 Å². The van der Waals surface area contributed by atoms with Crippen LogP contribution in [0, 0.1) is 0 Å². The summed E-state index contributed by atoms with van der Waals surface area (Å²) in [5, 5.41) is 6.14. The van der Waals surface area contributed by atoms with Crippen LogP contribution in [-0.4, -0.2) is 42.9 Å². The Morgan fingerprint density at radius 3 is 2.81 bits per heavy atom. The van der Waals surface area contributed by atoms with Crippen molar-refractivity contribution in [2.75, 3.05) is 30.8 Å². The highest BCUT2D eigenvalue weighted by atomic mass is 32.1. The highest BCUT2D eigenvalue weighted by molar-refractivity contribution is 7.18. The number of ether oxygens (including phenoxy) is 1. The van der Waals surface area contributed by atoms with Crippen molar-refractivity contribution in [1.82, 2.24) is 10.3 Å². The molecule has 1 saturated carbocycles. The molecule has 1 amide bonds. The van der Waals surface area contributed by atoms with E-state index in [-0.39, 0.29) is 23.8 Å². The van der Waals surface area contributed by atoms with E-state index in [9.17, 15) is 18.0 Å². The van der Waals surface area contributed by atoms with Crippen molar-refractivity contribution in [1.29, 1.82) is 0 Å². The normalized spacial score (nSPS) is 15.0. The quantitative estimate of drug-likeness (QED) is 0.663. The lowest BCUT2D eigenvalue weighted by Gasteiger charge is -2.08. The van der Waals surface area contributed by atoms with E-state index in [1.807, 2.05) is 0 Å². The van der Waals surface area contributed by atoms with E-state index in [0.717, 1.165) is 24.2 Å². The van der Waals surface area contributed by atoms with Crippen LogP contribution in [0.4, 0.5) is 24.1 Å². The van der Waals surface area contributed by atoms with Gasteiger partial charge in [0, 0.05) is 12.6 Å². The zero-order valence-corrected chi connectivity index (χ0v) is 11.8. The van der Waals surface area contributed by atoms with E-state index in [1.54, 1.807) is 0 Å². The first kappa shape index (κ1) is 15.8. The first-order valence-electron chi connectivity index (χ1n) is 6.30. The molecule has 0 spiro atoms. The van der Waals surface area contributed by atoms with Gasteiger partial charge in [0.1, 0.15) is 17.3 Å². The van der Waals surface area contributed by atoms with E-state index in [2.05, 4.69) is 20.4 Å². The molecule has 0 radical (unpaired) electrons. The molecule has 0 atom stereocenters. The average molecular weight is 324 g/mol. The van der Waals surface area contributed by atoms with Crippen molar-refractivity contribution in [3.63, 3.8) is 0 Å². The fourth-order valence-electron chi connectivity index (χ4n) is 1.46. The number of hydrogen-bond acceptors (Lipinski definition) is 6. The molecule has 21 heavy (non-hydrogen) atoms. The van der Waals surface area contributed by atoms with Crippen LogP contribution < -0.4 is 16.4 Å². The van der Waals surface area contributed by atoms with Crippen molar-refractivity contribution >= 4 is 28.2 Å². The first-order valence-corrected chi connectivity index (χ1v) is 7.12. The zero-order chi connectivity index (χ0) is 15.5. The summed E-state index contributed by atoms with van der Waals surface area (Å²) in [6, 6.07) is 0.391. The molecular weight excluding hydrogens is 309 g/mol. The number of carbonyl (C=O) groups excluding carboxylic acids is 1. The second-order valence-electron chi connectivity index (χ2n) is 4.58. The Morgan fingerprint density at radius 1 is 1.48 bits per heavy atom. The predicted octanol–water partition coefficient (Wildman–Crippen LogP) is 1.61. The van der Waals surface area contributed by atoms with E-state index in [1.165, 1.54) is 0 Å². The molecule has 0 bridgehead atoms. The van der Waals surface area contributed by atoms with Crippen LogP contribution in [-0.2, 0) is 4.74 Å². The van der Waals surface area contributed by atoms with Crippen molar-refractivity contribution in [3.8, 4) is 0 Å². The van der Waals surface area contributed by atoms with Gasteiger partial charge in [0.15, 0.2) is 5.13 Å². The summed E-state index contributed by atoms with van der Waals surface area (Å²) < 4.78 is 39.9. The lowest BCUT2D eigenvalue weighted by molar-refractivity contribution is -0.173. The Labute approximate surface area is 122 Å². The molecule has 2 rings (SSSR count). The number of carbonyl (C=O) groups is 1. The number of nitrogens with zero attached hydrogens (tertiary/aromatic N) is 1. The molecule has 118 valence electrons. The Balaban J connectivity index is 1.73. The van der Waals surface area contributed by atoms with E-state index >= 15 is 0 Å². The number of nitrogens with two attached hydrogens (primary N) is 1. The number of anilines is 2. The largest absolute Gasteiger partial charge is 0.411 e. The number of amides is 1. The molecule has 0 aliphatic heterocycles. The van der Waals surface area contributed by atoms with Gasteiger partial charge in [0.25, 0.3) is 5.91 Å². The summed E-state index contributed by atoms with van der Waals surface area (Å²) in [5.74, 6) is -0.360. The van der Waals surface area contributed by atoms with Gasteiger partial charge >= 0.3 is 6.18 Å². The van der Waals surface area contributed by atoms with Crippen molar-refractivity contribution < 1.29 is 22.7 Å². The topological polar surface area (TPSA) is 89.3 Å². The van der Waals surface area contributed by atoms with Gasteiger partial charge in [0.2, 0.25) is 0 Å². The number of nitrogens with one attached hydrogen (secondary N) is 2. The fourth-order valence-corrected chi connectivity index (χ4v) is 2.34. The van der Waals surface area contributed by atoms with E-state index in [4.69, 9.17) is 5.73 Å². The molecular formula is C11H15F3N4O2S. The number of halogens is 3. The minimum atomic E-state index is -4.37. The van der Waals surface area contributed by atoms with Crippen LogP contribution in [0.5, 0.6) is 0 Å². The summed E-state index contributed by atoms with van der Waals surface area (Å²) in [7, 11) is 0. The number of alkyl halides is 3. The van der Waals surface area contributed by atoms with Gasteiger partial charge in [-0.25, -0.2) is 4.98 Å². The minimum Gasteiger partial charge on any atom is -0.382 e. The predicted molar refractivity (Wildman–Crippen MR) is 72.4 cm³/mol. The smallest absolute Gasteiger partial charge is 0.382 e. The van der Waals surface area contributed by atoms with Crippen LogP contribution in [0.3, 0.4) is 0 Å². The third-order valence-electron chi connectivity index (χ3n) is 2.56. The second kappa shape index (κ2) is 6.48. The molecule has 1 heterocycles. The maximum atomic E-state index is 11.8. The van der Waals surface area contributed by atoms with Crippen LogP contribution in [0.1, 0.15) is 22.5 Å². The number of thiazole rings is 1. The Kier molecular flexibility index (Phi) is 4.88. The number of aromatic nitrogens is 1. The molecule has 1 aromatic rings. The van der Waals surface area contributed by atoms with Gasteiger partial charge in [-0.05, 0) is 12.8 Å². The Hall–Kier alpha value is -1.55. The third-order valence-corrected chi connectivity index (χ3v) is 3.56. The highest BCUT2D eigenvalue weighted by Crippen LogP contribution is 2.30. The SMILES string of the molecule is Nc1nc(NC2CC2)sc1C(=O)NCCOCC(F)(F)F.